The van der Waals surface area contributed by atoms with Crippen LogP contribution in [0.25, 0.3) is 0 Å². The molecule has 1 saturated carbocycles. The lowest BCUT2D eigenvalue weighted by molar-refractivity contribution is 0.0770. The molecular weight excluding hydrogens is 305 g/mol. The van der Waals surface area contributed by atoms with Crippen molar-refractivity contribution in [3.63, 3.8) is 0 Å². The molecule has 2 saturated heterocycles. The Labute approximate surface area is 143 Å². The molecule has 0 radical (unpaired) electrons. The Morgan fingerprint density at radius 1 is 1.12 bits per heavy atom. The lowest BCUT2D eigenvalue weighted by Crippen LogP contribution is -2.47. The lowest BCUT2D eigenvalue weighted by atomic mass is 9.79. The maximum absolute atomic E-state index is 14.1. The van der Waals surface area contributed by atoms with Crippen molar-refractivity contribution in [3.8, 4) is 0 Å². The summed E-state index contributed by atoms with van der Waals surface area (Å²) in [5.41, 5.74) is 0.290. The number of pyridine rings is 1. The Kier molecular flexibility index (Phi) is 4.48. The predicted octanol–water partition coefficient (Wildman–Crippen LogP) is 2.82. The molecule has 5 heteroatoms. The summed E-state index contributed by atoms with van der Waals surface area (Å²) in [6.07, 6.45) is 9.29. The van der Waals surface area contributed by atoms with Crippen LogP contribution in [0.4, 0.5) is 10.2 Å². The molecule has 2 aliphatic heterocycles. The molecule has 4 rings (SSSR count). The fraction of sp³-hybridized carbons (Fsp3) is 0.737. The highest BCUT2D eigenvalue weighted by atomic mass is 19.1. The number of aliphatic hydroxyl groups is 1. The van der Waals surface area contributed by atoms with E-state index in [1.165, 1.54) is 18.9 Å². The fourth-order valence-electron chi connectivity index (χ4n) is 5.04. The molecule has 132 valence electrons. The Balaban J connectivity index is 1.43. The number of rotatable bonds is 2. The summed E-state index contributed by atoms with van der Waals surface area (Å²) < 4.78 is 14.1. The zero-order valence-electron chi connectivity index (χ0n) is 14.3. The van der Waals surface area contributed by atoms with Gasteiger partial charge in [-0.15, -0.1) is 0 Å². The van der Waals surface area contributed by atoms with Gasteiger partial charge < -0.3 is 10.0 Å². The summed E-state index contributed by atoms with van der Waals surface area (Å²) in [7, 11) is 0. The van der Waals surface area contributed by atoms with Crippen molar-refractivity contribution in [2.75, 3.05) is 31.1 Å². The number of hydrogen-bond donors (Lipinski definition) is 1. The highest BCUT2D eigenvalue weighted by Crippen LogP contribution is 2.42. The highest BCUT2D eigenvalue weighted by molar-refractivity contribution is 5.40. The van der Waals surface area contributed by atoms with E-state index in [0.717, 1.165) is 58.3 Å². The summed E-state index contributed by atoms with van der Waals surface area (Å²) in [6.45, 7) is 4.11. The van der Waals surface area contributed by atoms with Gasteiger partial charge in [-0.05, 0) is 63.6 Å². The van der Waals surface area contributed by atoms with Gasteiger partial charge in [0, 0.05) is 37.3 Å². The molecule has 1 aromatic rings. The third-order valence-corrected chi connectivity index (χ3v) is 6.35. The third kappa shape index (κ3) is 3.16. The van der Waals surface area contributed by atoms with Gasteiger partial charge in [-0.25, -0.2) is 9.37 Å². The van der Waals surface area contributed by atoms with Gasteiger partial charge in [0.05, 0.1) is 6.10 Å². The largest absolute Gasteiger partial charge is 0.393 e. The average molecular weight is 333 g/mol. The van der Waals surface area contributed by atoms with Gasteiger partial charge in [0.1, 0.15) is 0 Å². The van der Waals surface area contributed by atoms with Gasteiger partial charge in [0.2, 0.25) is 0 Å². The first kappa shape index (κ1) is 16.3. The summed E-state index contributed by atoms with van der Waals surface area (Å²) in [6, 6.07) is 3.81. The number of nitrogens with zero attached hydrogens (tertiary/aromatic N) is 3. The van der Waals surface area contributed by atoms with Crippen LogP contribution in [0.2, 0.25) is 0 Å². The van der Waals surface area contributed by atoms with E-state index in [-0.39, 0.29) is 17.3 Å². The first-order chi connectivity index (χ1) is 11.7. The molecule has 24 heavy (non-hydrogen) atoms. The first-order valence-electron chi connectivity index (χ1n) is 9.43. The second-order valence-corrected chi connectivity index (χ2v) is 8.02. The molecule has 0 unspecified atom stereocenters. The number of likely N-dealkylation sites (tertiary alicyclic amines) is 1. The molecular formula is C19H28FN3O. The van der Waals surface area contributed by atoms with Crippen molar-refractivity contribution >= 4 is 5.82 Å². The van der Waals surface area contributed by atoms with E-state index in [2.05, 4.69) is 14.8 Å². The van der Waals surface area contributed by atoms with Crippen molar-refractivity contribution in [2.45, 2.75) is 57.1 Å². The van der Waals surface area contributed by atoms with Crippen molar-refractivity contribution in [1.29, 1.82) is 0 Å². The van der Waals surface area contributed by atoms with Gasteiger partial charge >= 0.3 is 0 Å². The smallest absolute Gasteiger partial charge is 0.165 e. The van der Waals surface area contributed by atoms with Crippen LogP contribution in [0.5, 0.6) is 0 Å². The van der Waals surface area contributed by atoms with Gasteiger partial charge in [0.15, 0.2) is 11.6 Å². The summed E-state index contributed by atoms with van der Waals surface area (Å²) >= 11 is 0. The summed E-state index contributed by atoms with van der Waals surface area (Å²) in [5, 5.41) is 9.73. The van der Waals surface area contributed by atoms with Gasteiger partial charge in [-0.3, -0.25) is 4.90 Å². The quantitative estimate of drug-likeness (QED) is 0.903. The third-order valence-electron chi connectivity index (χ3n) is 6.35. The van der Waals surface area contributed by atoms with Crippen molar-refractivity contribution in [2.24, 2.45) is 5.41 Å². The predicted molar refractivity (Wildman–Crippen MR) is 92.5 cm³/mol. The Morgan fingerprint density at radius 2 is 1.96 bits per heavy atom. The van der Waals surface area contributed by atoms with Crippen LogP contribution in [-0.2, 0) is 0 Å². The molecule has 0 bridgehead atoms. The SMILES string of the molecule is OC1CCC(N2CC[C@]3(CCCN(c4ncccc4F)C3)C2)CC1. The Hall–Kier alpha value is -1.20. The van der Waals surface area contributed by atoms with Crippen LogP contribution in [0, 0.1) is 11.2 Å². The average Bonchev–Trinajstić information content (AvgIpc) is 2.99. The monoisotopic (exact) mass is 333 g/mol. The second kappa shape index (κ2) is 6.60. The van der Waals surface area contributed by atoms with Crippen LogP contribution in [0.3, 0.4) is 0 Å². The molecule has 0 aromatic carbocycles. The maximum Gasteiger partial charge on any atom is 0.165 e. The van der Waals surface area contributed by atoms with E-state index in [4.69, 9.17) is 0 Å². The number of hydrogen-bond acceptors (Lipinski definition) is 4. The molecule has 1 aliphatic carbocycles. The lowest BCUT2D eigenvalue weighted by Gasteiger charge is -2.42. The van der Waals surface area contributed by atoms with Crippen LogP contribution < -0.4 is 4.90 Å². The normalized spacial score (nSPS) is 34.8. The maximum atomic E-state index is 14.1. The Bertz CT molecular complexity index is 575. The minimum atomic E-state index is -0.203. The molecule has 0 amide bonds. The van der Waals surface area contributed by atoms with Crippen LogP contribution in [0.15, 0.2) is 18.3 Å². The van der Waals surface area contributed by atoms with E-state index in [0.29, 0.717) is 11.9 Å². The molecule has 1 aromatic heterocycles. The standard InChI is InChI=1S/C19H28FN3O/c20-17-3-1-10-21-18(17)23-11-2-8-19(14-23)9-12-22(13-19)15-4-6-16(24)7-5-15/h1,3,10,15-16,24H,2,4-9,11-14H2/t15?,16?,19-/m1/s1. The van der Waals surface area contributed by atoms with Crippen molar-refractivity contribution in [1.82, 2.24) is 9.88 Å². The molecule has 1 spiro atoms. The van der Waals surface area contributed by atoms with E-state index in [9.17, 15) is 9.50 Å². The number of anilines is 1. The van der Waals surface area contributed by atoms with Crippen LogP contribution in [-0.4, -0.2) is 53.3 Å². The minimum absolute atomic E-state index is 0.0879. The number of aliphatic hydroxyl groups excluding tert-OH is 1. The summed E-state index contributed by atoms with van der Waals surface area (Å²) in [5.74, 6) is 0.321. The van der Waals surface area contributed by atoms with Crippen LogP contribution >= 0.6 is 0 Å². The molecule has 3 fully saturated rings. The molecule has 1 atom stereocenters. The second-order valence-electron chi connectivity index (χ2n) is 8.02. The number of halogens is 1. The van der Waals surface area contributed by atoms with Crippen molar-refractivity contribution in [3.05, 3.63) is 24.1 Å². The first-order valence-corrected chi connectivity index (χ1v) is 9.43. The highest BCUT2D eigenvalue weighted by Gasteiger charge is 2.44. The minimum Gasteiger partial charge on any atom is -0.393 e. The Morgan fingerprint density at radius 3 is 2.75 bits per heavy atom. The van der Waals surface area contributed by atoms with Crippen molar-refractivity contribution < 1.29 is 9.50 Å². The van der Waals surface area contributed by atoms with E-state index >= 15 is 0 Å². The van der Waals surface area contributed by atoms with Crippen LogP contribution in [0.1, 0.15) is 44.9 Å². The summed E-state index contributed by atoms with van der Waals surface area (Å²) in [4.78, 5) is 9.09. The van der Waals surface area contributed by atoms with E-state index in [1.54, 1.807) is 12.3 Å². The van der Waals surface area contributed by atoms with Gasteiger partial charge in [-0.1, -0.05) is 0 Å². The molecule has 3 aliphatic rings. The number of piperidine rings is 1. The van der Waals surface area contributed by atoms with Gasteiger partial charge in [0.25, 0.3) is 0 Å². The molecule has 1 N–H and O–H groups in total. The van der Waals surface area contributed by atoms with E-state index in [1.807, 2.05) is 0 Å². The topological polar surface area (TPSA) is 39.6 Å². The zero-order valence-corrected chi connectivity index (χ0v) is 14.3. The molecule has 3 heterocycles. The fourth-order valence-corrected chi connectivity index (χ4v) is 5.04. The number of aromatic nitrogens is 1. The van der Waals surface area contributed by atoms with Gasteiger partial charge in [-0.2, -0.15) is 0 Å². The van der Waals surface area contributed by atoms with E-state index < -0.39 is 0 Å². The zero-order chi connectivity index (χ0) is 16.6. The molecule has 4 nitrogen and oxygen atoms in total.